The first kappa shape index (κ1) is 14.4. The summed E-state index contributed by atoms with van der Waals surface area (Å²) in [7, 11) is 1.72. The maximum absolute atomic E-state index is 12.2. The fraction of sp³-hybridized carbons (Fsp3) is 0.588. The van der Waals surface area contributed by atoms with E-state index < -0.39 is 0 Å². The number of hydrogen-bond donors (Lipinski definition) is 0. The molecule has 0 spiro atoms. The molecule has 2 fully saturated rings. The quantitative estimate of drug-likeness (QED) is 0.851. The molecule has 1 aromatic carbocycles. The Morgan fingerprint density at radius 2 is 1.90 bits per heavy atom. The van der Waals surface area contributed by atoms with Crippen LogP contribution in [0.1, 0.15) is 24.8 Å². The summed E-state index contributed by atoms with van der Waals surface area (Å²) in [6, 6.07) is 8.17. The number of rotatable bonds is 4. The number of methoxy groups -OCH3 is 1. The molecular weight excluding hydrogens is 264 g/mol. The van der Waals surface area contributed by atoms with Crippen LogP contribution in [-0.4, -0.2) is 49.0 Å². The van der Waals surface area contributed by atoms with Crippen molar-refractivity contribution in [1.29, 1.82) is 0 Å². The van der Waals surface area contributed by atoms with Crippen molar-refractivity contribution in [2.75, 3.05) is 33.3 Å². The number of amides is 1. The molecule has 0 N–H and O–H groups in total. The zero-order valence-electron chi connectivity index (χ0n) is 12.8. The lowest BCUT2D eigenvalue weighted by molar-refractivity contribution is -0.140. The van der Waals surface area contributed by atoms with E-state index in [1.165, 1.54) is 12.0 Å². The summed E-state index contributed by atoms with van der Waals surface area (Å²) in [6.07, 6.45) is 3.42. The molecule has 0 unspecified atom stereocenters. The van der Waals surface area contributed by atoms with Crippen LogP contribution in [0.15, 0.2) is 24.3 Å². The monoisotopic (exact) mass is 288 g/mol. The molecule has 1 heterocycles. The molecule has 1 aliphatic heterocycles. The minimum Gasteiger partial charge on any atom is -0.496 e. The Labute approximate surface area is 126 Å². The van der Waals surface area contributed by atoms with Crippen molar-refractivity contribution < 1.29 is 9.53 Å². The van der Waals surface area contributed by atoms with Gasteiger partial charge in [-0.25, -0.2) is 0 Å². The van der Waals surface area contributed by atoms with Gasteiger partial charge in [0.2, 0.25) is 5.91 Å². The van der Waals surface area contributed by atoms with Gasteiger partial charge in [0.25, 0.3) is 0 Å². The molecule has 1 aliphatic carbocycles. The fourth-order valence-corrected chi connectivity index (χ4v) is 3.11. The Hall–Kier alpha value is -1.55. The Bertz CT molecular complexity index is 491. The fourth-order valence-electron chi connectivity index (χ4n) is 3.11. The number of nitrogens with zero attached hydrogens (tertiary/aromatic N) is 2. The third kappa shape index (κ3) is 3.21. The van der Waals surface area contributed by atoms with Crippen LogP contribution >= 0.6 is 0 Å². The summed E-state index contributed by atoms with van der Waals surface area (Å²) in [5.41, 5.74) is 1.22. The first-order valence-electron chi connectivity index (χ1n) is 7.91. The van der Waals surface area contributed by atoms with Crippen LogP contribution in [-0.2, 0) is 11.3 Å². The summed E-state index contributed by atoms with van der Waals surface area (Å²) in [6.45, 7) is 4.54. The lowest BCUT2D eigenvalue weighted by atomic mass is 9.84. The van der Waals surface area contributed by atoms with Gasteiger partial charge in [0, 0.05) is 44.2 Å². The molecule has 21 heavy (non-hydrogen) atoms. The number of hydrogen-bond acceptors (Lipinski definition) is 3. The largest absolute Gasteiger partial charge is 0.496 e. The molecule has 1 saturated heterocycles. The van der Waals surface area contributed by atoms with Crippen LogP contribution in [0.5, 0.6) is 5.75 Å². The van der Waals surface area contributed by atoms with Gasteiger partial charge in [-0.2, -0.15) is 0 Å². The Balaban J connectivity index is 1.52. The topological polar surface area (TPSA) is 32.8 Å². The maximum Gasteiger partial charge on any atom is 0.225 e. The van der Waals surface area contributed by atoms with E-state index in [1.807, 2.05) is 18.2 Å². The van der Waals surface area contributed by atoms with Gasteiger partial charge in [0.05, 0.1) is 7.11 Å². The van der Waals surface area contributed by atoms with Crippen LogP contribution in [0, 0.1) is 5.92 Å². The van der Waals surface area contributed by atoms with E-state index in [-0.39, 0.29) is 0 Å². The molecule has 1 amide bonds. The summed E-state index contributed by atoms with van der Waals surface area (Å²) >= 11 is 0. The van der Waals surface area contributed by atoms with Gasteiger partial charge in [0.15, 0.2) is 0 Å². The zero-order chi connectivity index (χ0) is 14.7. The van der Waals surface area contributed by atoms with Crippen LogP contribution in [0.4, 0.5) is 0 Å². The molecule has 3 rings (SSSR count). The van der Waals surface area contributed by atoms with Crippen molar-refractivity contribution in [3.63, 3.8) is 0 Å². The van der Waals surface area contributed by atoms with Crippen LogP contribution in [0.25, 0.3) is 0 Å². The van der Waals surface area contributed by atoms with E-state index in [4.69, 9.17) is 4.74 Å². The molecule has 0 bridgehead atoms. The van der Waals surface area contributed by atoms with Crippen LogP contribution in [0.3, 0.4) is 0 Å². The molecular formula is C17H24N2O2. The van der Waals surface area contributed by atoms with Gasteiger partial charge in [0.1, 0.15) is 5.75 Å². The Kier molecular flexibility index (Phi) is 4.44. The molecule has 2 aliphatic rings. The Morgan fingerprint density at radius 1 is 1.19 bits per heavy atom. The Morgan fingerprint density at radius 3 is 2.52 bits per heavy atom. The van der Waals surface area contributed by atoms with E-state index in [1.54, 1.807) is 7.11 Å². The second-order valence-electron chi connectivity index (χ2n) is 6.04. The zero-order valence-corrected chi connectivity index (χ0v) is 12.8. The number of benzene rings is 1. The molecule has 1 saturated carbocycles. The summed E-state index contributed by atoms with van der Waals surface area (Å²) in [5, 5.41) is 0. The van der Waals surface area contributed by atoms with Gasteiger partial charge in [-0.1, -0.05) is 24.6 Å². The molecule has 4 nitrogen and oxygen atoms in total. The van der Waals surface area contributed by atoms with Gasteiger partial charge in [-0.15, -0.1) is 0 Å². The number of carbonyl (C=O) groups is 1. The average molecular weight is 288 g/mol. The SMILES string of the molecule is COc1ccccc1CN1CCN(C(=O)C2CCC2)CC1. The van der Waals surface area contributed by atoms with Crippen molar-refractivity contribution in [3.05, 3.63) is 29.8 Å². The number of para-hydroxylation sites is 1. The second kappa shape index (κ2) is 6.48. The first-order chi connectivity index (χ1) is 10.3. The number of carbonyl (C=O) groups excluding carboxylic acids is 1. The van der Waals surface area contributed by atoms with E-state index in [2.05, 4.69) is 15.9 Å². The third-order valence-electron chi connectivity index (χ3n) is 4.72. The summed E-state index contributed by atoms with van der Waals surface area (Å²) < 4.78 is 5.41. The highest BCUT2D eigenvalue weighted by Gasteiger charge is 2.31. The maximum atomic E-state index is 12.2. The summed E-state index contributed by atoms with van der Waals surface area (Å²) in [5.74, 6) is 1.66. The lowest BCUT2D eigenvalue weighted by Crippen LogP contribution is -2.50. The van der Waals surface area contributed by atoms with Gasteiger partial charge in [-0.05, 0) is 18.9 Å². The van der Waals surface area contributed by atoms with Gasteiger partial charge >= 0.3 is 0 Å². The van der Waals surface area contributed by atoms with Crippen molar-refractivity contribution >= 4 is 5.91 Å². The predicted octanol–water partition coefficient (Wildman–Crippen LogP) is 2.14. The van der Waals surface area contributed by atoms with E-state index in [9.17, 15) is 4.79 Å². The first-order valence-corrected chi connectivity index (χ1v) is 7.91. The van der Waals surface area contributed by atoms with Crippen LogP contribution in [0.2, 0.25) is 0 Å². The van der Waals surface area contributed by atoms with Crippen molar-refractivity contribution in [2.24, 2.45) is 5.92 Å². The highest BCUT2D eigenvalue weighted by Crippen LogP contribution is 2.28. The van der Waals surface area contributed by atoms with Crippen LogP contribution < -0.4 is 4.74 Å². The minimum atomic E-state index is 0.325. The van der Waals surface area contributed by atoms with Gasteiger partial charge < -0.3 is 9.64 Å². The van der Waals surface area contributed by atoms with Crippen molar-refractivity contribution in [1.82, 2.24) is 9.80 Å². The van der Waals surface area contributed by atoms with E-state index >= 15 is 0 Å². The molecule has 114 valence electrons. The normalized spacial score (nSPS) is 20.1. The highest BCUT2D eigenvalue weighted by molar-refractivity contribution is 5.79. The summed E-state index contributed by atoms with van der Waals surface area (Å²) in [4.78, 5) is 16.7. The van der Waals surface area contributed by atoms with Crippen molar-refractivity contribution in [2.45, 2.75) is 25.8 Å². The molecule has 0 radical (unpaired) electrons. The average Bonchev–Trinajstić information content (AvgIpc) is 2.47. The van der Waals surface area contributed by atoms with Crippen molar-refractivity contribution in [3.8, 4) is 5.75 Å². The second-order valence-corrected chi connectivity index (χ2v) is 6.04. The smallest absolute Gasteiger partial charge is 0.225 e. The predicted molar refractivity (Wildman–Crippen MR) is 82.2 cm³/mol. The van der Waals surface area contributed by atoms with E-state index in [0.29, 0.717) is 11.8 Å². The van der Waals surface area contributed by atoms with E-state index in [0.717, 1.165) is 51.3 Å². The molecule has 0 aromatic heterocycles. The number of piperazine rings is 1. The highest BCUT2D eigenvalue weighted by atomic mass is 16.5. The third-order valence-corrected chi connectivity index (χ3v) is 4.72. The molecule has 0 atom stereocenters. The molecule has 4 heteroatoms. The lowest BCUT2D eigenvalue weighted by Gasteiger charge is -2.38. The number of ether oxygens (including phenoxy) is 1. The van der Waals surface area contributed by atoms with Gasteiger partial charge in [-0.3, -0.25) is 9.69 Å². The molecule has 1 aromatic rings. The standard InChI is InChI=1S/C17H24N2O2/c1-21-16-8-3-2-5-15(16)13-18-9-11-19(12-10-18)17(20)14-6-4-7-14/h2-3,5,8,14H,4,6-7,9-13H2,1H3. The minimum absolute atomic E-state index is 0.325.